The lowest BCUT2D eigenvalue weighted by atomic mass is 9.77. The summed E-state index contributed by atoms with van der Waals surface area (Å²) in [5, 5.41) is 0. The molecule has 0 N–H and O–H groups in total. The highest BCUT2D eigenvalue weighted by Gasteiger charge is 2.49. The van der Waals surface area contributed by atoms with E-state index in [1.807, 2.05) is 0 Å². The molecule has 0 amide bonds. The zero-order chi connectivity index (χ0) is 13.9. The van der Waals surface area contributed by atoms with E-state index >= 15 is 0 Å². The lowest BCUT2D eigenvalue weighted by Crippen LogP contribution is -2.45. The van der Waals surface area contributed by atoms with Gasteiger partial charge in [0.05, 0.1) is 0 Å². The van der Waals surface area contributed by atoms with Gasteiger partial charge in [-0.05, 0) is 0 Å². The standard InChI is InChI=1S/C12H20B2Cl2N2/c1-11(2,3)9-7-13(15)18-10(12(4,5)6)8-14(16)17(9)18/h7-8H,1-6H3. The van der Waals surface area contributed by atoms with Crippen molar-refractivity contribution in [3.05, 3.63) is 23.3 Å². The molecule has 0 radical (unpaired) electrons. The molecule has 0 fully saturated rings. The zero-order valence-corrected chi connectivity index (χ0v) is 13.5. The van der Waals surface area contributed by atoms with Crippen molar-refractivity contribution in [3.63, 3.8) is 0 Å². The summed E-state index contributed by atoms with van der Waals surface area (Å²) in [5.74, 6) is 4.21. The predicted octanol–water partition coefficient (Wildman–Crippen LogP) is 3.93. The van der Waals surface area contributed by atoms with Crippen molar-refractivity contribution in [2.45, 2.75) is 41.5 Å². The van der Waals surface area contributed by atoms with Crippen LogP contribution >= 0.6 is 22.9 Å². The highest BCUT2D eigenvalue weighted by molar-refractivity contribution is 7.12. The zero-order valence-electron chi connectivity index (χ0n) is 12.0. The molecule has 6 heteroatoms. The monoisotopic (exact) mass is 284 g/mol. The minimum Gasteiger partial charge on any atom is -0.321 e. The molecule has 2 heterocycles. The Morgan fingerprint density at radius 1 is 0.778 bits per heavy atom. The van der Waals surface area contributed by atoms with Crippen LogP contribution in [0.15, 0.2) is 23.3 Å². The topological polar surface area (TPSA) is 6.48 Å². The maximum absolute atomic E-state index is 6.49. The number of allylic oxidation sites excluding steroid dienone is 2. The summed E-state index contributed by atoms with van der Waals surface area (Å²) >= 11 is 13.0. The maximum atomic E-state index is 6.49. The van der Waals surface area contributed by atoms with Crippen LogP contribution in [0.4, 0.5) is 0 Å². The molecule has 0 atom stereocenters. The smallest absolute Gasteiger partial charge is 0.321 e. The van der Waals surface area contributed by atoms with Crippen molar-refractivity contribution in [2.75, 3.05) is 0 Å². The van der Waals surface area contributed by atoms with E-state index in [2.05, 4.69) is 63.3 Å². The third-order valence-corrected chi connectivity index (χ3v) is 3.94. The van der Waals surface area contributed by atoms with Crippen molar-refractivity contribution < 1.29 is 0 Å². The molecular formula is C12H20B2Cl2N2. The van der Waals surface area contributed by atoms with Crippen LogP contribution < -0.4 is 0 Å². The molecular weight excluding hydrogens is 265 g/mol. The van der Waals surface area contributed by atoms with Gasteiger partial charge >= 0.3 is 12.5 Å². The van der Waals surface area contributed by atoms with Gasteiger partial charge in [0.2, 0.25) is 0 Å². The number of nitrogens with zero attached hydrogens (tertiary/aromatic N) is 2. The summed E-state index contributed by atoms with van der Waals surface area (Å²) in [5.41, 5.74) is 2.46. The molecule has 0 unspecified atom stereocenters. The first-order chi connectivity index (χ1) is 8.03. The molecule has 0 aromatic carbocycles. The minimum absolute atomic E-state index is 0.0379. The number of hydrogen-bond acceptors (Lipinski definition) is 2. The van der Waals surface area contributed by atoms with Gasteiger partial charge in [-0.15, -0.1) is 0 Å². The Bertz CT molecular complexity index is 381. The molecule has 2 nitrogen and oxygen atoms in total. The van der Waals surface area contributed by atoms with Gasteiger partial charge in [-0.2, -0.15) is 22.9 Å². The second kappa shape index (κ2) is 4.14. The minimum atomic E-state index is -0.145. The average Bonchev–Trinajstić information content (AvgIpc) is 2.65. The molecule has 0 spiro atoms. The molecule has 18 heavy (non-hydrogen) atoms. The summed E-state index contributed by atoms with van der Waals surface area (Å²) in [6.07, 6.45) is -0.290. The molecule has 0 saturated heterocycles. The Morgan fingerprint density at radius 3 is 1.28 bits per heavy atom. The van der Waals surface area contributed by atoms with Crippen molar-refractivity contribution in [1.82, 2.24) is 9.84 Å². The number of hydrazine groups is 1. The molecule has 2 rings (SSSR count). The van der Waals surface area contributed by atoms with E-state index in [1.54, 1.807) is 0 Å². The van der Waals surface area contributed by atoms with Crippen LogP contribution in [-0.2, 0) is 0 Å². The lowest BCUT2D eigenvalue weighted by Gasteiger charge is -2.40. The van der Waals surface area contributed by atoms with Crippen molar-refractivity contribution >= 4 is 35.4 Å². The van der Waals surface area contributed by atoms with Gasteiger partial charge in [-0.25, -0.2) is 0 Å². The van der Waals surface area contributed by atoms with Crippen molar-refractivity contribution in [2.24, 2.45) is 10.8 Å². The SMILES string of the molecule is CC(C)(C)C1=CB(Cl)N2C(C(C)(C)C)=CB(Cl)N12. The van der Waals surface area contributed by atoms with Gasteiger partial charge in [0.25, 0.3) is 0 Å². The van der Waals surface area contributed by atoms with Gasteiger partial charge in [0, 0.05) is 22.2 Å². The van der Waals surface area contributed by atoms with Gasteiger partial charge in [0.15, 0.2) is 0 Å². The summed E-state index contributed by atoms with van der Waals surface area (Å²) < 4.78 is 0. The highest BCUT2D eigenvalue weighted by atomic mass is 35.5. The van der Waals surface area contributed by atoms with E-state index in [4.69, 9.17) is 22.9 Å². The average molecular weight is 285 g/mol. The van der Waals surface area contributed by atoms with Crippen LogP contribution in [0.1, 0.15) is 41.5 Å². The molecule has 2 aliphatic heterocycles. The first-order valence-corrected chi connectivity index (χ1v) is 7.22. The second-order valence-corrected chi connectivity index (χ2v) is 7.93. The third kappa shape index (κ3) is 2.18. The third-order valence-electron chi connectivity index (χ3n) is 3.32. The van der Waals surface area contributed by atoms with Crippen LogP contribution in [0.5, 0.6) is 0 Å². The Labute approximate surface area is 121 Å². The van der Waals surface area contributed by atoms with E-state index in [9.17, 15) is 0 Å². The highest BCUT2D eigenvalue weighted by Crippen LogP contribution is 2.45. The predicted molar refractivity (Wildman–Crippen MR) is 82.0 cm³/mol. The molecule has 0 aliphatic carbocycles. The Kier molecular flexibility index (Phi) is 3.27. The van der Waals surface area contributed by atoms with E-state index < -0.39 is 0 Å². The Balaban J connectivity index is 2.39. The Hall–Kier alpha value is -0.210. The van der Waals surface area contributed by atoms with E-state index in [-0.39, 0.29) is 23.4 Å². The van der Waals surface area contributed by atoms with Gasteiger partial charge in [-0.1, -0.05) is 53.5 Å². The van der Waals surface area contributed by atoms with E-state index in [1.165, 1.54) is 11.4 Å². The Morgan fingerprint density at radius 2 is 1.06 bits per heavy atom. The quantitative estimate of drug-likeness (QED) is 0.622. The fourth-order valence-electron chi connectivity index (χ4n) is 2.48. The van der Waals surface area contributed by atoms with Crippen LogP contribution in [0.3, 0.4) is 0 Å². The molecule has 98 valence electrons. The molecule has 0 aromatic heterocycles. The van der Waals surface area contributed by atoms with Crippen molar-refractivity contribution in [1.29, 1.82) is 0 Å². The molecule has 2 aliphatic rings. The lowest BCUT2D eigenvalue weighted by molar-refractivity contribution is 0.201. The number of rotatable bonds is 0. The molecule has 0 saturated carbocycles. The summed E-state index contributed by atoms with van der Waals surface area (Å²) in [6.45, 7) is 13.1. The maximum Gasteiger partial charge on any atom is 0.407 e. The largest absolute Gasteiger partial charge is 0.407 e. The fourth-order valence-corrected chi connectivity index (χ4v) is 3.11. The number of fused-ring (bicyclic) bond motifs is 1. The normalized spacial score (nSPS) is 20.4. The fraction of sp³-hybridized carbons (Fsp3) is 0.667. The molecule has 0 aromatic rings. The number of halogens is 2. The van der Waals surface area contributed by atoms with E-state index in [0.29, 0.717) is 0 Å². The van der Waals surface area contributed by atoms with Gasteiger partial charge < -0.3 is 9.84 Å². The first kappa shape index (κ1) is 14.2. The summed E-state index contributed by atoms with van der Waals surface area (Å²) in [4.78, 5) is 4.25. The van der Waals surface area contributed by atoms with Crippen LogP contribution in [-0.4, -0.2) is 22.4 Å². The van der Waals surface area contributed by atoms with Gasteiger partial charge in [0.1, 0.15) is 0 Å². The van der Waals surface area contributed by atoms with Crippen molar-refractivity contribution in [3.8, 4) is 0 Å². The summed E-state index contributed by atoms with van der Waals surface area (Å²) in [7, 11) is 0. The number of hydrogen-bond donors (Lipinski definition) is 0. The van der Waals surface area contributed by atoms with Crippen LogP contribution in [0.25, 0.3) is 0 Å². The van der Waals surface area contributed by atoms with Gasteiger partial charge in [-0.3, -0.25) is 0 Å². The first-order valence-electron chi connectivity index (χ1n) is 6.34. The van der Waals surface area contributed by atoms with E-state index in [0.717, 1.165) is 0 Å². The van der Waals surface area contributed by atoms with Crippen LogP contribution in [0.2, 0.25) is 0 Å². The van der Waals surface area contributed by atoms with Crippen LogP contribution in [0, 0.1) is 10.8 Å². The summed E-state index contributed by atoms with van der Waals surface area (Å²) in [6, 6.07) is 0. The molecule has 0 bridgehead atoms. The second-order valence-electron chi connectivity index (χ2n) is 7.04.